The molecule has 0 saturated carbocycles. The van der Waals surface area contributed by atoms with Gasteiger partial charge in [0.1, 0.15) is 0 Å². The topological polar surface area (TPSA) is 39.1 Å². The highest BCUT2D eigenvalue weighted by molar-refractivity contribution is 9.10. The molecule has 0 amide bonds. The lowest BCUT2D eigenvalue weighted by atomic mass is 10.1. The van der Waals surface area contributed by atoms with Gasteiger partial charge >= 0.3 is 0 Å². The summed E-state index contributed by atoms with van der Waals surface area (Å²) in [4.78, 5) is 2.39. The van der Waals surface area contributed by atoms with Crippen molar-refractivity contribution in [3.63, 3.8) is 0 Å². The van der Waals surface area contributed by atoms with Crippen LogP contribution in [0.25, 0.3) is 0 Å². The summed E-state index contributed by atoms with van der Waals surface area (Å²) in [6.07, 6.45) is 1.67. The minimum absolute atomic E-state index is 0.256. The van der Waals surface area contributed by atoms with Crippen LogP contribution in [0.1, 0.15) is 25.3 Å². The molecule has 1 heterocycles. The fraction of sp³-hybridized carbons (Fsp3) is 0.533. The third-order valence-corrected chi connectivity index (χ3v) is 4.53. The molecule has 1 aliphatic rings. The Hall–Kier alpha value is -1.05. The number of rotatable bonds is 2. The average molecular weight is 322 g/mol. The van der Waals surface area contributed by atoms with Gasteiger partial charge in [0.15, 0.2) is 0 Å². The Labute approximate surface area is 123 Å². The van der Waals surface area contributed by atoms with E-state index in [0.717, 1.165) is 24.0 Å². The van der Waals surface area contributed by atoms with Crippen molar-refractivity contribution in [1.29, 1.82) is 5.26 Å². The molecule has 2 unspecified atom stereocenters. The number of halogens is 1. The van der Waals surface area contributed by atoms with Crippen LogP contribution in [0.2, 0.25) is 0 Å². The second-order valence-corrected chi connectivity index (χ2v) is 6.15. The number of nitrogens with one attached hydrogen (secondary N) is 1. The van der Waals surface area contributed by atoms with Crippen LogP contribution >= 0.6 is 15.9 Å². The van der Waals surface area contributed by atoms with E-state index in [1.54, 1.807) is 0 Å². The van der Waals surface area contributed by atoms with Gasteiger partial charge in [0.2, 0.25) is 0 Å². The molecule has 1 N–H and O–H groups in total. The average Bonchev–Trinajstić information content (AvgIpc) is 2.55. The number of anilines is 1. The van der Waals surface area contributed by atoms with Gasteiger partial charge in [-0.3, -0.25) is 0 Å². The van der Waals surface area contributed by atoms with E-state index in [-0.39, 0.29) is 6.04 Å². The molecule has 0 spiro atoms. The van der Waals surface area contributed by atoms with Crippen LogP contribution in [0.5, 0.6) is 0 Å². The summed E-state index contributed by atoms with van der Waals surface area (Å²) >= 11 is 3.54. The fourth-order valence-corrected chi connectivity index (χ4v) is 2.79. The maximum atomic E-state index is 8.92. The van der Waals surface area contributed by atoms with Crippen LogP contribution in [-0.2, 0) is 0 Å². The smallest absolute Gasteiger partial charge is 0.0638 e. The first kappa shape index (κ1) is 14.4. The van der Waals surface area contributed by atoms with Crippen molar-refractivity contribution in [2.24, 2.45) is 0 Å². The van der Waals surface area contributed by atoms with Crippen molar-refractivity contribution in [3.05, 3.63) is 28.2 Å². The van der Waals surface area contributed by atoms with E-state index < -0.39 is 0 Å². The van der Waals surface area contributed by atoms with Crippen LogP contribution in [0.15, 0.2) is 22.7 Å². The molecule has 2 atom stereocenters. The number of hydrogen-bond donors (Lipinski definition) is 1. The molecule has 2 rings (SSSR count). The highest BCUT2D eigenvalue weighted by Gasteiger charge is 2.21. The van der Waals surface area contributed by atoms with E-state index in [4.69, 9.17) is 5.26 Å². The van der Waals surface area contributed by atoms with Crippen molar-refractivity contribution in [2.45, 2.75) is 38.8 Å². The lowest BCUT2D eigenvalue weighted by Gasteiger charge is -2.26. The highest BCUT2D eigenvalue weighted by Crippen LogP contribution is 2.24. The molecule has 0 aliphatic carbocycles. The lowest BCUT2D eigenvalue weighted by Crippen LogP contribution is -2.39. The van der Waals surface area contributed by atoms with Gasteiger partial charge < -0.3 is 10.2 Å². The summed E-state index contributed by atoms with van der Waals surface area (Å²) in [6.45, 7) is 6.25. The summed E-state index contributed by atoms with van der Waals surface area (Å²) in [5.74, 6) is 0. The molecule has 1 fully saturated rings. The summed E-state index contributed by atoms with van der Waals surface area (Å²) in [7, 11) is 0. The Morgan fingerprint density at radius 1 is 1.53 bits per heavy atom. The van der Waals surface area contributed by atoms with Crippen LogP contribution in [-0.4, -0.2) is 25.2 Å². The first-order valence-electron chi connectivity index (χ1n) is 6.74. The van der Waals surface area contributed by atoms with E-state index in [1.807, 2.05) is 0 Å². The van der Waals surface area contributed by atoms with Crippen molar-refractivity contribution in [3.8, 4) is 6.07 Å². The van der Waals surface area contributed by atoms with Crippen LogP contribution in [0, 0.1) is 18.3 Å². The second kappa shape index (κ2) is 6.40. The molecular weight excluding hydrogens is 302 g/mol. The molecular formula is C15H20BrN3. The largest absolute Gasteiger partial charge is 0.370 e. The fourth-order valence-electron chi connectivity index (χ4n) is 2.54. The molecule has 1 aromatic carbocycles. The summed E-state index contributed by atoms with van der Waals surface area (Å²) in [5.41, 5.74) is 2.50. The molecule has 0 aromatic heterocycles. The Balaban J connectivity index is 2.17. The quantitative estimate of drug-likeness (QED) is 0.909. The van der Waals surface area contributed by atoms with Gasteiger partial charge in [-0.25, -0.2) is 0 Å². The van der Waals surface area contributed by atoms with E-state index >= 15 is 0 Å². The van der Waals surface area contributed by atoms with Gasteiger partial charge in [0.05, 0.1) is 12.5 Å². The van der Waals surface area contributed by atoms with Gasteiger partial charge in [-0.2, -0.15) is 5.26 Å². The Bertz CT molecular complexity index is 481. The number of aryl methyl sites for hydroxylation is 1. The van der Waals surface area contributed by atoms with Gasteiger partial charge in [-0.05, 0) is 44.0 Å². The van der Waals surface area contributed by atoms with E-state index in [1.165, 1.54) is 11.3 Å². The maximum absolute atomic E-state index is 8.92. The first-order chi connectivity index (χ1) is 9.10. The minimum Gasteiger partial charge on any atom is -0.370 e. The maximum Gasteiger partial charge on any atom is 0.0638 e. The highest BCUT2D eigenvalue weighted by atomic mass is 79.9. The zero-order chi connectivity index (χ0) is 13.8. The van der Waals surface area contributed by atoms with Gasteiger partial charge in [0.25, 0.3) is 0 Å². The van der Waals surface area contributed by atoms with Crippen LogP contribution in [0.4, 0.5) is 5.69 Å². The Morgan fingerprint density at radius 2 is 2.32 bits per heavy atom. The molecule has 0 bridgehead atoms. The molecule has 1 aliphatic heterocycles. The Kier molecular flexibility index (Phi) is 4.84. The molecule has 0 radical (unpaired) electrons. The summed E-state index contributed by atoms with van der Waals surface area (Å²) in [6, 6.07) is 9.47. The predicted octanol–water partition coefficient (Wildman–Crippen LogP) is 3.23. The summed E-state index contributed by atoms with van der Waals surface area (Å²) < 4.78 is 1.14. The predicted molar refractivity (Wildman–Crippen MR) is 82.3 cm³/mol. The van der Waals surface area contributed by atoms with E-state index in [2.05, 4.69) is 64.3 Å². The van der Waals surface area contributed by atoms with E-state index in [0.29, 0.717) is 12.5 Å². The van der Waals surface area contributed by atoms with Crippen LogP contribution in [0.3, 0.4) is 0 Å². The Morgan fingerprint density at radius 3 is 3.00 bits per heavy atom. The lowest BCUT2D eigenvalue weighted by molar-refractivity contribution is 0.473. The third-order valence-electron chi connectivity index (χ3n) is 3.64. The molecule has 4 heteroatoms. The minimum atomic E-state index is 0.256. The zero-order valence-electron chi connectivity index (χ0n) is 11.5. The standard InChI is InChI=1S/C15H20BrN3/c1-11-9-14(3-4-15(11)16)19-8-6-12(2)18-13(10-19)5-7-17/h3-4,9,12-13,18H,5-6,8,10H2,1-2H3. The van der Waals surface area contributed by atoms with Gasteiger partial charge in [0, 0.05) is 35.3 Å². The number of nitrogens with zero attached hydrogens (tertiary/aromatic N) is 2. The molecule has 19 heavy (non-hydrogen) atoms. The molecule has 3 nitrogen and oxygen atoms in total. The van der Waals surface area contributed by atoms with Crippen LogP contribution < -0.4 is 10.2 Å². The molecule has 1 saturated heterocycles. The SMILES string of the molecule is Cc1cc(N2CCC(C)NC(CC#N)C2)ccc1Br. The van der Waals surface area contributed by atoms with Crippen molar-refractivity contribution < 1.29 is 0 Å². The number of benzene rings is 1. The summed E-state index contributed by atoms with van der Waals surface area (Å²) in [5, 5.41) is 12.5. The van der Waals surface area contributed by atoms with Crippen molar-refractivity contribution in [2.75, 3.05) is 18.0 Å². The zero-order valence-corrected chi connectivity index (χ0v) is 13.1. The normalized spacial score (nSPS) is 23.8. The third kappa shape index (κ3) is 3.71. The van der Waals surface area contributed by atoms with Gasteiger partial charge in [-0.1, -0.05) is 15.9 Å². The van der Waals surface area contributed by atoms with Crippen molar-refractivity contribution >= 4 is 21.6 Å². The monoisotopic (exact) mass is 321 g/mol. The molecule has 1 aromatic rings. The van der Waals surface area contributed by atoms with Crippen molar-refractivity contribution in [1.82, 2.24) is 5.32 Å². The number of hydrogen-bond acceptors (Lipinski definition) is 3. The number of nitriles is 1. The first-order valence-corrected chi connectivity index (χ1v) is 7.53. The second-order valence-electron chi connectivity index (χ2n) is 5.30. The molecule has 102 valence electrons. The van der Waals surface area contributed by atoms with Gasteiger partial charge in [-0.15, -0.1) is 0 Å². The van der Waals surface area contributed by atoms with E-state index in [9.17, 15) is 0 Å².